The van der Waals surface area contributed by atoms with E-state index in [0.717, 1.165) is 32.3 Å². The van der Waals surface area contributed by atoms with Gasteiger partial charge in [0.05, 0.1) is 26.3 Å². The Morgan fingerprint density at radius 3 is 2.61 bits per heavy atom. The van der Waals surface area contributed by atoms with Crippen molar-refractivity contribution in [2.75, 3.05) is 32.8 Å². The molecule has 0 bridgehead atoms. The zero-order valence-electron chi connectivity index (χ0n) is 14.1. The Labute approximate surface area is 137 Å². The van der Waals surface area contributed by atoms with Crippen LogP contribution in [0.3, 0.4) is 0 Å². The van der Waals surface area contributed by atoms with Crippen LogP contribution in [0.5, 0.6) is 5.75 Å². The first-order chi connectivity index (χ1) is 11.0. The summed E-state index contributed by atoms with van der Waals surface area (Å²) in [6, 6.07) is 6.04. The van der Waals surface area contributed by atoms with Crippen molar-refractivity contribution in [1.82, 2.24) is 10.6 Å². The van der Waals surface area contributed by atoms with Crippen LogP contribution in [-0.4, -0.2) is 44.9 Å². The molecule has 0 aliphatic carbocycles. The molecule has 0 spiro atoms. The third-order valence-corrected chi connectivity index (χ3v) is 3.57. The third-order valence-electron chi connectivity index (χ3n) is 3.57. The lowest BCUT2D eigenvalue weighted by Gasteiger charge is -2.36. The van der Waals surface area contributed by atoms with Crippen molar-refractivity contribution in [3.8, 4) is 5.75 Å². The number of benzene rings is 1. The minimum atomic E-state index is -0.266. The molecule has 5 nitrogen and oxygen atoms in total. The molecule has 1 fully saturated rings. The van der Waals surface area contributed by atoms with E-state index in [1.165, 1.54) is 12.1 Å². The minimum absolute atomic E-state index is 0.0630. The molecule has 0 amide bonds. The summed E-state index contributed by atoms with van der Waals surface area (Å²) < 4.78 is 23.9. The van der Waals surface area contributed by atoms with Gasteiger partial charge in [0.25, 0.3) is 0 Å². The number of nitrogens with zero attached hydrogens (tertiary/aromatic N) is 1. The van der Waals surface area contributed by atoms with Gasteiger partial charge in [0, 0.05) is 12.0 Å². The van der Waals surface area contributed by atoms with E-state index in [-0.39, 0.29) is 17.3 Å². The van der Waals surface area contributed by atoms with Crippen LogP contribution in [0.2, 0.25) is 0 Å². The Morgan fingerprint density at radius 1 is 1.35 bits per heavy atom. The van der Waals surface area contributed by atoms with Gasteiger partial charge in [-0.05, 0) is 38.1 Å². The summed E-state index contributed by atoms with van der Waals surface area (Å²) in [7, 11) is 0. The largest absolute Gasteiger partial charge is 0.489 e. The van der Waals surface area contributed by atoms with E-state index in [9.17, 15) is 4.39 Å². The quantitative estimate of drug-likeness (QED) is 0.596. The maximum Gasteiger partial charge on any atom is 0.191 e. The molecule has 1 atom stereocenters. The number of ether oxygens (including phenoxy) is 2. The second kappa shape index (κ2) is 8.15. The minimum Gasteiger partial charge on any atom is -0.489 e. The van der Waals surface area contributed by atoms with E-state index in [1.54, 1.807) is 12.1 Å². The number of hydrogen-bond acceptors (Lipinski definition) is 3. The highest BCUT2D eigenvalue weighted by atomic mass is 19.1. The van der Waals surface area contributed by atoms with Gasteiger partial charge in [-0.25, -0.2) is 4.39 Å². The van der Waals surface area contributed by atoms with Gasteiger partial charge in [0.15, 0.2) is 5.96 Å². The Bertz CT molecular complexity index is 515. The number of halogens is 1. The van der Waals surface area contributed by atoms with Gasteiger partial charge in [-0.15, -0.1) is 0 Å². The molecular formula is C17H26FN3O2. The summed E-state index contributed by atoms with van der Waals surface area (Å²) in [5, 5.41) is 6.49. The predicted molar refractivity (Wildman–Crippen MR) is 89.4 cm³/mol. The van der Waals surface area contributed by atoms with Crippen molar-refractivity contribution < 1.29 is 13.9 Å². The second-order valence-corrected chi connectivity index (χ2v) is 6.26. The Morgan fingerprint density at radius 2 is 2.04 bits per heavy atom. The first kappa shape index (κ1) is 17.5. The predicted octanol–water partition coefficient (Wildman–Crippen LogP) is 2.18. The fourth-order valence-electron chi connectivity index (χ4n) is 2.18. The Balaban J connectivity index is 1.80. The molecule has 1 unspecified atom stereocenters. The molecule has 1 aromatic rings. The molecule has 1 aromatic carbocycles. The fourth-order valence-corrected chi connectivity index (χ4v) is 2.18. The lowest BCUT2D eigenvalue weighted by atomic mass is 9.89. The first-order valence-electron chi connectivity index (χ1n) is 8.03. The third kappa shape index (κ3) is 5.71. The maximum atomic E-state index is 12.9. The lowest BCUT2D eigenvalue weighted by Crippen LogP contribution is -2.45. The first-order valence-corrected chi connectivity index (χ1v) is 8.03. The van der Waals surface area contributed by atoms with E-state index in [4.69, 9.17) is 9.47 Å². The monoisotopic (exact) mass is 323 g/mol. The van der Waals surface area contributed by atoms with E-state index in [0.29, 0.717) is 12.3 Å². The van der Waals surface area contributed by atoms with E-state index < -0.39 is 0 Å². The summed E-state index contributed by atoms with van der Waals surface area (Å²) in [5.41, 5.74) is 0.151. The highest BCUT2D eigenvalue weighted by molar-refractivity contribution is 5.79. The van der Waals surface area contributed by atoms with Gasteiger partial charge in [-0.3, -0.25) is 4.99 Å². The fraction of sp³-hybridized carbons (Fsp3) is 0.588. The van der Waals surface area contributed by atoms with E-state index >= 15 is 0 Å². The molecule has 6 heteroatoms. The van der Waals surface area contributed by atoms with Gasteiger partial charge in [-0.1, -0.05) is 6.92 Å². The zero-order chi connectivity index (χ0) is 16.7. The summed E-state index contributed by atoms with van der Waals surface area (Å²) in [5.74, 6) is 1.16. The summed E-state index contributed by atoms with van der Waals surface area (Å²) >= 11 is 0. The SMILES string of the molecule is CCNC(=NCC1(C)COC1)NCC(C)Oc1ccc(F)cc1. The van der Waals surface area contributed by atoms with E-state index in [1.807, 2.05) is 13.8 Å². The molecule has 0 saturated carbocycles. The highest BCUT2D eigenvalue weighted by Gasteiger charge is 2.33. The molecule has 2 rings (SSSR count). The molecule has 0 radical (unpaired) electrons. The molecule has 23 heavy (non-hydrogen) atoms. The Hall–Kier alpha value is -1.82. The second-order valence-electron chi connectivity index (χ2n) is 6.26. The van der Waals surface area contributed by atoms with Gasteiger partial charge in [-0.2, -0.15) is 0 Å². The smallest absolute Gasteiger partial charge is 0.191 e. The van der Waals surface area contributed by atoms with Crippen molar-refractivity contribution in [2.45, 2.75) is 26.9 Å². The average molecular weight is 323 g/mol. The molecule has 2 N–H and O–H groups in total. The van der Waals surface area contributed by atoms with Crippen molar-refractivity contribution in [3.63, 3.8) is 0 Å². The molecule has 1 aliphatic heterocycles. The van der Waals surface area contributed by atoms with Crippen molar-refractivity contribution in [2.24, 2.45) is 10.4 Å². The molecule has 1 saturated heterocycles. The number of aliphatic imine (C=N–C) groups is 1. The van der Waals surface area contributed by atoms with Crippen LogP contribution in [-0.2, 0) is 4.74 Å². The van der Waals surface area contributed by atoms with Gasteiger partial charge >= 0.3 is 0 Å². The van der Waals surface area contributed by atoms with Crippen molar-refractivity contribution >= 4 is 5.96 Å². The number of guanidine groups is 1. The highest BCUT2D eigenvalue weighted by Crippen LogP contribution is 2.26. The van der Waals surface area contributed by atoms with Crippen molar-refractivity contribution in [3.05, 3.63) is 30.1 Å². The van der Waals surface area contributed by atoms with Crippen LogP contribution < -0.4 is 15.4 Å². The number of rotatable bonds is 7. The van der Waals surface area contributed by atoms with Gasteiger partial charge in [0.1, 0.15) is 17.7 Å². The van der Waals surface area contributed by atoms with E-state index in [2.05, 4.69) is 22.5 Å². The zero-order valence-corrected chi connectivity index (χ0v) is 14.1. The van der Waals surface area contributed by atoms with Crippen LogP contribution in [0.4, 0.5) is 4.39 Å². The Kier molecular flexibility index (Phi) is 6.21. The topological polar surface area (TPSA) is 54.9 Å². The molecule has 128 valence electrons. The van der Waals surface area contributed by atoms with Crippen LogP contribution in [0, 0.1) is 11.2 Å². The molecule has 1 aliphatic rings. The van der Waals surface area contributed by atoms with Gasteiger partial charge in [0.2, 0.25) is 0 Å². The average Bonchev–Trinajstić information content (AvgIpc) is 2.50. The summed E-state index contributed by atoms with van der Waals surface area (Å²) in [4.78, 5) is 4.61. The normalized spacial score (nSPS) is 18.0. The summed E-state index contributed by atoms with van der Waals surface area (Å²) in [6.07, 6.45) is -0.0630. The molecular weight excluding hydrogens is 297 g/mol. The summed E-state index contributed by atoms with van der Waals surface area (Å²) in [6.45, 7) is 9.83. The number of nitrogens with one attached hydrogen (secondary N) is 2. The standard InChI is InChI=1S/C17H26FN3O2/c1-4-19-16(21-10-17(3)11-22-12-17)20-9-13(2)23-15-7-5-14(18)6-8-15/h5-8,13H,4,9-12H2,1-3H3,(H2,19,20,21). The number of hydrogen-bond donors (Lipinski definition) is 2. The van der Waals surface area contributed by atoms with Crippen molar-refractivity contribution in [1.29, 1.82) is 0 Å². The van der Waals surface area contributed by atoms with Crippen LogP contribution in [0.25, 0.3) is 0 Å². The van der Waals surface area contributed by atoms with Crippen LogP contribution in [0.15, 0.2) is 29.3 Å². The lowest BCUT2D eigenvalue weighted by molar-refractivity contribution is -0.0945. The molecule has 1 heterocycles. The van der Waals surface area contributed by atoms with Crippen LogP contribution >= 0.6 is 0 Å². The molecule has 0 aromatic heterocycles. The van der Waals surface area contributed by atoms with Gasteiger partial charge < -0.3 is 20.1 Å². The van der Waals surface area contributed by atoms with Crippen LogP contribution in [0.1, 0.15) is 20.8 Å². The maximum absolute atomic E-state index is 12.9.